The quantitative estimate of drug-likeness (QED) is 0.488. The molecule has 0 aliphatic carbocycles. The standard InChI is InChI=1S/C22H22Cl2N2O2/c1-2-27-21-12-17(13-25-14-19-8-3-4-9-26-19)11-20(24)22(21)28-15-16-6-5-7-18(23)10-16/h3-12,25H,2,13-15H2,1H3. The first kappa shape index (κ1) is 20.5. The van der Waals surface area contributed by atoms with Crippen molar-refractivity contribution in [1.29, 1.82) is 0 Å². The van der Waals surface area contributed by atoms with E-state index >= 15 is 0 Å². The van der Waals surface area contributed by atoms with Crippen molar-refractivity contribution in [3.8, 4) is 11.5 Å². The molecule has 4 nitrogen and oxygen atoms in total. The highest BCUT2D eigenvalue weighted by atomic mass is 35.5. The Balaban J connectivity index is 1.68. The van der Waals surface area contributed by atoms with Crippen LogP contribution < -0.4 is 14.8 Å². The lowest BCUT2D eigenvalue weighted by molar-refractivity contribution is 0.269. The number of aromatic nitrogens is 1. The highest BCUT2D eigenvalue weighted by Gasteiger charge is 2.13. The van der Waals surface area contributed by atoms with Crippen molar-refractivity contribution in [1.82, 2.24) is 10.3 Å². The number of ether oxygens (including phenoxy) is 2. The van der Waals surface area contributed by atoms with Crippen LogP contribution >= 0.6 is 23.2 Å². The summed E-state index contributed by atoms with van der Waals surface area (Å²) >= 11 is 12.5. The molecule has 0 bridgehead atoms. The van der Waals surface area contributed by atoms with E-state index in [0.717, 1.165) is 16.8 Å². The molecule has 1 N–H and O–H groups in total. The van der Waals surface area contributed by atoms with Gasteiger partial charge in [-0.05, 0) is 54.4 Å². The first-order chi connectivity index (χ1) is 13.7. The molecule has 3 aromatic rings. The largest absolute Gasteiger partial charge is 0.490 e. The molecule has 28 heavy (non-hydrogen) atoms. The first-order valence-electron chi connectivity index (χ1n) is 9.08. The zero-order valence-corrected chi connectivity index (χ0v) is 17.1. The fourth-order valence-electron chi connectivity index (χ4n) is 2.75. The Labute approximate surface area is 175 Å². The van der Waals surface area contributed by atoms with Gasteiger partial charge in [-0.3, -0.25) is 4.98 Å². The molecule has 2 aromatic carbocycles. The number of nitrogens with zero attached hydrogens (tertiary/aromatic N) is 1. The molecule has 0 radical (unpaired) electrons. The molecular formula is C22H22Cl2N2O2. The Morgan fingerprint density at radius 3 is 2.57 bits per heavy atom. The van der Waals surface area contributed by atoms with Gasteiger partial charge < -0.3 is 14.8 Å². The van der Waals surface area contributed by atoms with Gasteiger partial charge in [-0.2, -0.15) is 0 Å². The molecule has 0 aliphatic heterocycles. The van der Waals surface area contributed by atoms with Gasteiger partial charge in [0.1, 0.15) is 6.61 Å². The molecule has 0 unspecified atom stereocenters. The van der Waals surface area contributed by atoms with Gasteiger partial charge in [-0.25, -0.2) is 0 Å². The Morgan fingerprint density at radius 2 is 1.82 bits per heavy atom. The van der Waals surface area contributed by atoms with E-state index in [1.807, 2.05) is 61.5 Å². The summed E-state index contributed by atoms with van der Waals surface area (Å²) in [6.45, 7) is 4.13. The molecule has 1 aromatic heterocycles. The average Bonchev–Trinajstić information content (AvgIpc) is 2.68. The van der Waals surface area contributed by atoms with Crippen molar-refractivity contribution in [2.45, 2.75) is 26.6 Å². The molecule has 6 heteroatoms. The van der Waals surface area contributed by atoms with Crippen molar-refractivity contribution in [2.75, 3.05) is 6.61 Å². The van der Waals surface area contributed by atoms with Crippen molar-refractivity contribution in [3.63, 3.8) is 0 Å². The van der Waals surface area contributed by atoms with Gasteiger partial charge in [-0.15, -0.1) is 0 Å². The Kier molecular flexibility index (Phi) is 7.54. The molecule has 0 fully saturated rings. The molecule has 0 spiro atoms. The lowest BCUT2D eigenvalue weighted by atomic mass is 10.2. The van der Waals surface area contributed by atoms with Crippen LogP contribution in [0.25, 0.3) is 0 Å². The Hall–Kier alpha value is -2.27. The monoisotopic (exact) mass is 416 g/mol. The first-order valence-corrected chi connectivity index (χ1v) is 9.84. The van der Waals surface area contributed by atoms with E-state index in [2.05, 4.69) is 10.3 Å². The van der Waals surface area contributed by atoms with Crippen LogP contribution in [0.15, 0.2) is 60.8 Å². The lowest BCUT2D eigenvalue weighted by Gasteiger charge is -2.16. The zero-order valence-electron chi connectivity index (χ0n) is 15.6. The van der Waals surface area contributed by atoms with E-state index in [9.17, 15) is 0 Å². The predicted molar refractivity (Wildman–Crippen MR) is 113 cm³/mol. The van der Waals surface area contributed by atoms with Crippen molar-refractivity contribution in [3.05, 3.63) is 87.7 Å². The number of hydrogen-bond acceptors (Lipinski definition) is 4. The number of nitrogens with one attached hydrogen (secondary N) is 1. The molecule has 0 saturated heterocycles. The minimum absolute atomic E-state index is 0.359. The third-order valence-electron chi connectivity index (χ3n) is 4.00. The van der Waals surface area contributed by atoms with Crippen LogP contribution in [0.2, 0.25) is 10.0 Å². The molecule has 0 aliphatic rings. The average molecular weight is 417 g/mol. The van der Waals surface area contributed by atoms with Crippen LogP contribution in [0.1, 0.15) is 23.7 Å². The predicted octanol–water partition coefficient (Wildman–Crippen LogP) is 5.66. The molecule has 146 valence electrons. The summed E-state index contributed by atoms with van der Waals surface area (Å²) in [6, 6.07) is 17.2. The second-order valence-corrected chi connectivity index (χ2v) is 7.02. The van der Waals surface area contributed by atoms with Crippen LogP contribution in [0.5, 0.6) is 11.5 Å². The molecule has 3 rings (SSSR count). The minimum atomic E-state index is 0.359. The molecule has 0 atom stereocenters. The van der Waals surface area contributed by atoms with Crippen LogP contribution in [0, 0.1) is 0 Å². The molecule has 0 amide bonds. The van der Waals surface area contributed by atoms with Crippen LogP contribution in [-0.2, 0) is 19.7 Å². The summed E-state index contributed by atoms with van der Waals surface area (Å²) in [7, 11) is 0. The Morgan fingerprint density at radius 1 is 0.929 bits per heavy atom. The molecule has 1 heterocycles. The normalized spacial score (nSPS) is 10.7. The van der Waals surface area contributed by atoms with E-state index in [0.29, 0.717) is 47.8 Å². The van der Waals surface area contributed by atoms with Gasteiger partial charge in [0, 0.05) is 24.3 Å². The topological polar surface area (TPSA) is 43.4 Å². The molecular weight excluding hydrogens is 395 g/mol. The highest BCUT2D eigenvalue weighted by Crippen LogP contribution is 2.37. The maximum atomic E-state index is 6.49. The third kappa shape index (κ3) is 5.86. The third-order valence-corrected chi connectivity index (χ3v) is 4.52. The summed E-state index contributed by atoms with van der Waals surface area (Å²) in [4.78, 5) is 4.31. The number of rotatable bonds is 9. The van der Waals surface area contributed by atoms with E-state index in [4.69, 9.17) is 32.7 Å². The number of halogens is 2. The van der Waals surface area contributed by atoms with Gasteiger partial charge in [-0.1, -0.05) is 41.4 Å². The van der Waals surface area contributed by atoms with Crippen LogP contribution in [-0.4, -0.2) is 11.6 Å². The summed E-state index contributed by atoms with van der Waals surface area (Å²) < 4.78 is 11.7. The van der Waals surface area contributed by atoms with Crippen LogP contribution in [0.4, 0.5) is 0 Å². The molecule has 0 saturated carbocycles. The zero-order chi connectivity index (χ0) is 19.8. The maximum absolute atomic E-state index is 6.49. The Bertz CT molecular complexity index is 904. The van der Waals surface area contributed by atoms with Crippen LogP contribution in [0.3, 0.4) is 0 Å². The summed E-state index contributed by atoms with van der Waals surface area (Å²) in [5.74, 6) is 1.17. The number of hydrogen-bond donors (Lipinski definition) is 1. The van der Waals surface area contributed by atoms with Gasteiger partial charge in [0.05, 0.1) is 17.3 Å². The fourth-order valence-corrected chi connectivity index (χ4v) is 3.25. The van der Waals surface area contributed by atoms with Crippen molar-refractivity contribution in [2.24, 2.45) is 0 Å². The lowest BCUT2D eigenvalue weighted by Crippen LogP contribution is -2.14. The van der Waals surface area contributed by atoms with E-state index in [1.54, 1.807) is 6.20 Å². The highest BCUT2D eigenvalue weighted by molar-refractivity contribution is 6.32. The van der Waals surface area contributed by atoms with Gasteiger partial charge in [0.25, 0.3) is 0 Å². The summed E-state index contributed by atoms with van der Waals surface area (Å²) in [6.07, 6.45) is 1.78. The van der Waals surface area contributed by atoms with E-state index < -0.39 is 0 Å². The maximum Gasteiger partial charge on any atom is 0.180 e. The van der Waals surface area contributed by atoms with E-state index in [-0.39, 0.29) is 0 Å². The number of pyridine rings is 1. The summed E-state index contributed by atoms with van der Waals surface area (Å²) in [5, 5.41) is 4.55. The second-order valence-electron chi connectivity index (χ2n) is 6.18. The SMILES string of the molecule is CCOc1cc(CNCc2ccccn2)cc(Cl)c1OCc1cccc(Cl)c1. The minimum Gasteiger partial charge on any atom is -0.490 e. The number of benzene rings is 2. The smallest absolute Gasteiger partial charge is 0.180 e. The van der Waals surface area contributed by atoms with Gasteiger partial charge >= 0.3 is 0 Å². The van der Waals surface area contributed by atoms with Crippen molar-refractivity contribution >= 4 is 23.2 Å². The summed E-state index contributed by atoms with van der Waals surface area (Å²) in [5.41, 5.74) is 2.96. The van der Waals surface area contributed by atoms with Gasteiger partial charge in [0.15, 0.2) is 11.5 Å². The van der Waals surface area contributed by atoms with Crippen molar-refractivity contribution < 1.29 is 9.47 Å². The van der Waals surface area contributed by atoms with Gasteiger partial charge in [0.2, 0.25) is 0 Å². The van der Waals surface area contributed by atoms with E-state index in [1.165, 1.54) is 0 Å². The second kappa shape index (κ2) is 10.3. The fraction of sp³-hybridized carbons (Fsp3) is 0.227.